The number of amides is 2. The summed E-state index contributed by atoms with van der Waals surface area (Å²) in [7, 11) is 0. The summed E-state index contributed by atoms with van der Waals surface area (Å²) >= 11 is 0. The molecule has 0 saturated carbocycles. The molecule has 0 atom stereocenters. The zero-order chi connectivity index (χ0) is 17.2. The summed E-state index contributed by atoms with van der Waals surface area (Å²) in [6, 6.07) is 5.74. The van der Waals surface area contributed by atoms with Crippen molar-refractivity contribution in [3.05, 3.63) is 41.3 Å². The second kappa shape index (κ2) is 6.07. The van der Waals surface area contributed by atoms with Gasteiger partial charge in [-0.2, -0.15) is 18.2 Å². The molecule has 122 valence electrons. The fourth-order valence-corrected chi connectivity index (χ4v) is 1.61. The number of nitrogens with one attached hydrogen (secondary N) is 2. The maximum atomic E-state index is 13.3. The number of halogens is 4. The molecule has 0 unspecified atom stereocenters. The quantitative estimate of drug-likeness (QED) is 0.738. The van der Waals surface area contributed by atoms with E-state index < -0.39 is 35.5 Å². The number of urea groups is 1. The largest absolute Gasteiger partial charge is 0.436 e. The van der Waals surface area contributed by atoms with Gasteiger partial charge in [0, 0.05) is 5.69 Å². The summed E-state index contributed by atoms with van der Waals surface area (Å²) in [5, 5.41) is 4.33. The number of rotatable bonds is 2. The van der Waals surface area contributed by atoms with E-state index in [1.807, 2.05) is 12.2 Å². The fraction of sp³-hybridized carbons (Fsp3) is 0.154. The van der Waals surface area contributed by atoms with Gasteiger partial charge in [-0.15, -0.1) is 0 Å². The van der Waals surface area contributed by atoms with Gasteiger partial charge < -0.3 is 11.1 Å². The van der Waals surface area contributed by atoms with Gasteiger partial charge in [0.25, 0.3) is 0 Å². The summed E-state index contributed by atoms with van der Waals surface area (Å²) in [4.78, 5) is 17.9. The Kier molecular flexibility index (Phi) is 4.34. The number of aromatic nitrogens is 2. The molecule has 2 aromatic rings. The number of nitrogens with two attached hydrogens (primary N) is 1. The summed E-state index contributed by atoms with van der Waals surface area (Å²) in [5.41, 5.74) is 4.57. The van der Waals surface area contributed by atoms with Gasteiger partial charge in [0.15, 0.2) is 17.3 Å². The normalized spacial score (nSPS) is 11.2. The average molecular weight is 329 g/mol. The Hall–Kier alpha value is -2.91. The molecule has 1 heterocycles. The Balaban J connectivity index is 2.18. The van der Waals surface area contributed by atoms with E-state index in [1.165, 1.54) is 0 Å². The van der Waals surface area contributed by atoms with Crippen LogP contribution in [-0.4, -0.2) is 16.0 Å². The second-order valence-corrected chi connectivity index (χ2v) is 4.54. The first-order valence-electron chi connectivity index (χ1n) is 6.21. The van der Waals surface area contributed by atoms with Crippen LogP contribution in [0, 0.1) is 12.7 Å². The van der Waals surface area contributed by atoms with Gasteiger partial charge >= 0.3 is 12.2 Å². The molecule has 23 heavy (non-hydrogen) atoms. The van der Waals surface area contributed by atoms with E-state index in [0.717, 1.165) is 5.56 Å². The van der Waals surface area contributed by atoms with Gasteiger partial charge in [0.1, 0.15) is 0 Å². The third-order valence-corrected chi connectivity index (χ3v) is 2.68. The minimum absolute atomic E-state index is 0.402. The van der Waals surface area contributed by atoms with Crippen LogP contribution in [0.25, 0.3) is 0 Å². The molecule has 6 nitrogen and oxygen atoms in total. The fourth-order valence-electron chi connectivity index (χ4n) is 1.61. The Bertz CT molecular complexity index is 730. The summed E-state index contributed by atoms with van der Waals surface area (Å²) in [6.07, 6.45) is -5.06. The highest BCUT2D eigenvalue weighted by molar-refractivity contribution is 5.98. The van der Waals surface area contributed by atoms with Gasteiger partial charge in [-0.25, -0.2) is 14.2 Å². The number of hydrogen-bond donors (Lipinski definition) is 3. The van der Waals surface area contributed by atoms with E-state index >= 15 is 0 Å². The molecular weight excluding hydrogens is 318 g/mol. The lowest BCUT2D eigenvalue weighted by Gasteiger charge is -2.11. The summed E-state index contributed by atoms with van der Waals surface area (Å²) in [5.74, 6) is -3.57. The molecule has 2 rings (SSSR count). The molecule has 1 aromatic carbocycles. The summed E-state index contributed by atoms with van der Waals surface area (Å²) < 4.78 is 51.2. The van der Waals surface area contributed by atoms with Crippen LogP contribution in [0.1, 0.15) is 11.3 Å². The monoisotopic (exact) mass is 329 g/mol. The Morgan fingerprint density at radius 3 is 2.30 bits per heavy atom. The molecule has 0 radical (unpaired) electrons. The van der Waals surface area contributed by atoms with Crippen molar-refractivity contribution in [1.82, 2.24) is 9.97 Å². The Morgan fingerprint density at radius 2 is 1.74 bits per heavy atom. The summed E-state index contributed by atoms with van der Waals surface area (Å²) in [6.45, 7) is 1.84. The number of hydrogen-bond acceptors (Lipinski definition) is 4. The van der Waals surface area contributed by atoms with Crippen LogP contribution in [0.15, 0.2) is 24.3 Å². The highest BCUT2D eigenvalue weighted by Crippen LogP contribution is 2.31. The SMILES string of the molecule is Cc1ccc(NC(=O)Nc2nc(N)c(F)c(C(F)(F)F)n2)cc1. The molecule has 0 aliphatic rings. The van der Waals surface area contributed by atoms with Gasteiger partial charge in [-0.05, 0) is 19.1 Å². The molecule has 2 amide bonds. The van der Waals surface area contributed by atoms with Gasteiger partial charge in [-0.3, -0.25) is 5.32 Å². The molecule has 1 aromatic heterocycles. The lowest BCUT2D eigenvalue weighted by molar-refractivity contribution is -0.143. The standard InChI is InChI=1S/C13H11F4N5O/c1-6-2-4-7(5-3-6)19-12(23)22-11-20-9(13(15,16)17)8(14)10(18)21-11/h2-5H,1H3,(H4,18,19,20,21,22,23). The number of nitrogen functional groups attached to an aromatic ring is 1. The van der Waals surface area contributed by atoms with E-state index in [1.54, 1.807) is 24.3 Å². The second-order valence-electron chi connectivity index (χ2n) is 4.54. The topological polar surface area (TPSA) is 92.9 Å². The number of aryl methyl sites for hydroxylation is 1. The highest BCUT2D eigenvalue weighted by Gasteiger charge is 2.38. The predicted molar refractivity (Wildman–Crippen MR) is 75.2 cm³/mol. The lowest BCUT2D eigenvalue weighted by Crippen LogP contribution is -2.23. The maximum absolute atomic E-state index is 13.3. The predicted octanol–water partition coefficient (Wildman–Crippen LogP) is 3.17. The molecular formula is C13H11F4N5O. The van der Waals surface area contributed by atoms with E-state index in [2.05, 4.69) is 15.3 Å². The van der Waals surface area contributed by atoms with Crippen molar-refractivity contribution in [2.45, 2.75) is 13.1 Å². The van der Waals surface area contributed by atoms with Crippen LogP contribution in [0.3, 0.4) is 0 Å². The van der Waals surface area contributed by atoms with Gasteiger partial charge in [0.05, 0.1) is 0 Å². The Morgan fingerprint density at radius 1 is 1.13 bits per heavy atom. The molecule has 0 spiro atoms. The lowest BCUT2D eigenvalue weighted by atomic mass is 10.2. The van der Waals surface area contributed by atoms with E-state index in [0.29, 0.717) is 5.69 Å². The number of alkyl halides is 3. The minimum Gasteiger partial charge on any atom is -0.381 e. The third kappa shape index (κ3) is 4.05. The average Bonchev–Trinajstić information content (AvgIpc) is 2.44. The smallest absolute Gasteiger partial charge is 0.381 e. The number of nitrogens with zero attached hydrogens (tertiary/aromatic N) is 2. The van der Waals surface area contributed by atoms with Crippen LogP contribution >= 0.6 is 0 Å². The first-order chi connectivity index (χ1) is 10.7. The minimum atomic E-state index is -5.06. The molecule has 0 bridgehead atoms. The third-order valence-electron chi connectivity index (χ3n) is 2.68. The zero-order valence-corrected chi connectivity index (χ0v) is 11.7. The first kappa shape index (κ1) is 16.5. The van der Waals surface area contributed by atoms with E-state index in [-0.39, 0.29) is 0 Å². The zero-order valence-electron chi connectivity index (χ0n) is 11.7. The van der Waals surface area contributed by atoms with Crippen molar-refractivity contribution in [3.63, 3.8) is 0 Å². The van der Waals surface area contributed by atoms with Crippen LogP contribution < -0.4 is 16.4 Å². The van der Waals surface area contributed by atoms with Crippen LogP contribution in [-0.2, 0) is 6.18 Å². The maximum Gasteiger partial charge on any atom is 0.436 e. The molecule has 10 heteroatoms. The van der Waals surface area contributed by atoms with Crippen molar-refractivity contribution in [2.24, 2.45) is 0 Å². The highest BCUT2D eigenvalue weighted by atomic mass is 19.4. The van der Waals surface area contributed by atoms with Crippen LogP contribution in [0.5, 0.6) is 0 Å². The molecule has 0 fully saturated rings. The molecule has 0 aliphatic carbocycles. The van der Waals surface area contributed by atoms with Crippen LogP contribution in [0.2, 0.25) is 0 Å². The number of carbonyl (C=O) groups is 1. The molecule has 0 aliphatic heterocycles. The first-order valence-corrected chi connectivity index (χ1v) is 6.21. The van der Waals surface area contributed by atoms with Gasteiger partial charge in [-0.1, -0.05) is 17.7 Å². The number of anilines is 3. The van der Waals surface area contributed by atoms with Crippen molar-refractivity contribution in [1.29, 1.82) is 0 Å². The molecule has 0 saturated heterocycles. The van der Waals surface area contributed by atoms with Crippen molar-refractivity contribution in [2.75, 3.05) is 16.4 Å². The van der Waals surface area contributed by atoms with Crippen molar-refractivity contribution < 1.29 is 22.4 Å². The number of carbonyl (C=O) groups excluding carboxylic acids is 1. The van der Waals surface area contributed by atoms with Gasteiger partial charge in [0.2, 0.25) is 5.95 Å². The van der Waals surface area contributed by atoms with Crippen molar-refractivity contribution in [3.8, 4) is 0 Å². The molecule has 4 N–H and O–H groups in total. The number of benzene rings is 1. The Labute approximate surface area is 127 Å². The van der Waals surface area contributed by atoms with E-state index in [9.17, 15) is 22.4 Å². The van der Waals surface area contributed by atoms with Crippen LogP contribution in [0.4, 0.5) is 39.8 Å². The van der Waals surface area contributed by atoms with E-state index in [4.69, 9.17) is 5.73 Å². The van der Waals surface area contributed by atoms with Crippen molar-refractivity contribution >= 4 is 23.5 Å².